The fourth-order valence-electron chi connectivity index (χ4n) is 0.955. The predicted molar refractivity (Wildman–Crippen MR) is 52.9 cm³/mol. The number of ether oxygens (including phenoxy) is 1. The largest absolute Gasteiger partial charge is 0.446 e. The first-order valence-corrected chi connectivity index (χ1v) is 3.68. The number of esters is 1. The quantitative estimate of drug-likeness (QED) is 0.583. The lowest BCUT2D eigenvalue weighted by atomic mass is 10.1. The Morgan fingerprint density at radius 2 is 2.08 bits per heavy atom. The molecular weight excluding hydrogens is 190 g/mol. The molecule has 0 amide bonds. The highest BCUT2D eigenvalue weighted by molar-refractivity contribution is 5.90. The van der Waals surface area contributed by atoms with Gasteiger partial charge in [-0.15, -0.1) is 12.4 Å². The second-order valence-corrected chi connectivity index (χ2v) is 2.41. The number of benzene rings is 1. The van der Waals surface area contributed by atoms with E-state index in [0.717, 1.165) is 5.56 Å². The van der Waals surface area contributed by atoms with Gasteiger partial charge in [0, 0.05) is 0 Å². The van der Waals surface area contributed by atoms with E-state index in [4.69, 9.17) is 5.73 Å². The first-order chi connectivity index (χ1) is 5.75. The Kier molecular flexibility index (Phi) is 5.11. The Bertz CT molecular complexity index is 289. The molecule has 3 nitrogen and oxygen atoms in total. The summed E-state index contributed by atoms with van der Waals surface area (Å²) in [7, 11) is 0. The van der Waals surface area contributed by atoms with Gasteiger partial charge in [-0.2, -0.15) is 0 Å². The first kappa shape index (κ1) is 11.9. The van der Waals surface area contributed by atoms with Crippen LogP contribution in [0.3, 0.4) is 0 Å². The van der Waals surface area contributed by atoms with Gasteiger partial charge in [-0.05, 0) is 18.6 Å². The normalized spacial score (nSPS) is 8.77. The fraction of sp³-hybridized carbons (Fsp3) is 0.222. The van der Waals surface area contributed by atoms with Gasteiger partial charge in [-0.3, -0.25) is 5.73 Å². The van der Waals surface area contributed by atoms with Crippen LogP contribution in [0.5, 0.6) is 0 Å². The highest BCUT2D eigenvalue weighted by Crippen LogP contribution is 2.07. The summed E-state index contributed by atoms with van der Waals surface area (Å²) in [6, 6.07) is 7.23. The van der Waals surface area contributed by atoms with Crippen molar-refractivity contribution >= 4 is 18.4 Å². The highest BCUT2D eigenvalue weighted by Gasteiger charge is 2.07. The molecule has 0 aliphatic rings. The van der Waals surface area contributed by atoms with Crippen molar-refractivity contribution < 1.29 is 9.53 Å². The molecule has 0 aliphatic heterocycles. The zero-order chi connectivity index (χ0) is 8.97. The van der Waals surface area contributed by atoms with E-state index in [1.54, 1.807) is 12.1 Å². The third kappa shape index (κ3) is 3.05. The second kappa shape index (κ2) is 5.56. The molecule has 13 heavy (non-hydrogen) atoms. The highest BCUT2D eigenvalue weighted by atomic mass is 35.5. The summed E-state index contributed by atoms with van der Waals surface area (Å²) in [4.78, 5) is 11.2. The molecule has 0 fully saturated rings. The molecule has 0 saturated carbocycles. The molecule has 0 radical (unpaired) electrons. The average molecular weight is 202 g/mol. The van der Waals surface area contributed by atoms with E-state index in [2.05, 4.69) is 4.74 Å². The molecule has 2 N–H and O–H groups in total. The standard InChI is InChI=1S/C9H11NO2.ClH/c1-7-4-2-3-5-8(7)9(11)12-6-10;/h2-5H,6,10H2,1H3;1H. The number of halogens is 1. The molecule has 0 spiro atoms. The molecule has 0 unspecified atom stereocenters. The van der Waals surface area contributed by atoms with Gasteiger partial charge in [0.2, 0.25) is 0 Å². The summed E-state index contributed by atoms with van der Waals surface area (Å²) in [5.74, 6) is -0.365. The van der Waals surface area contributed by atoms with Gasteiger partial charge < -0.3 is 4.74 Å². The van der Waals surface area contributed by atoms with Crippen molar-refractivity contribution in [2.24, 2.45) is 5.73 Å². The second-order valence-electron chi connectivity index (χ2n) is 2.41. The Labute approximate surface area is 83.3 Å². The number of hydrogen-bond donors (Lipinski definition) is 1. The lowest BCUT2D eigenvalue weighted by molar-refractivity contribution is 0.0514. The van der Waals surface area contributed by atoms with Crippen LogP contribution in [0.1, 0.15) is 15.9 Å². The van der Waals surface area contributed by atoms with Gasteiger partial charge in [-0.25, -0.2) is 4.79 Å². The van der Waals surface area contributed by atoms with Gasteiger partial charge in [0.25, 0.3) is 0 Å². The van der Waals surface area contributed by atoms with E-state index < -0.39 is 0 Å². The minimum Gasteiger partial charge on any atom is -0.446 e. The fourth-order valence-corrected chi connectivity index (χ4v) is 0.955. The van der Waals surface area contributed by atoms with Gasteiger partial charge in [0.15, 0.2) is 0 Å². The van der Waals surface area contributed by atoms with E-state index in [-0.39, 0.29) is 25.1 Å². The molecule has 0 heterocycles. The molecule has 0 saturated heterocycles. The van der Waals surface area contributed by atoms with Crippen LogP contribution in [0.2, 0.25) is 0 Å². The SMILES string of the molecule is Cc1ccccc1C(=O)OCN.Cl. The number of aryl methyl sites for hydroxylation is 1. The Balaban J connectivity index is 0.00000144. The lowest BCUT2D eigenvalue weighted by Gasteiger charge is -2.03. The monoisotopic (exact) mass is 201 g/mol. The minimum absolute atomic E-state index is 0. The van der Waals surface area contributed by atoms with Crippen molar-refractivity contribution in [1.82, 2.24) is 0 Å². The summed E-state index contributed by atoms with van der Waals surface area (Å²) in [6.07, 6.45) is 0. The van der Waals surface area contributed by atoms with Gasteiger partial charge in [-0.1, -0.05) is 18.2 Å². The van der Waals surface area contributed by atoms with Crippen LogP contribution in [0.25, 0.3) is 0 Å². The smallest absolute Gasteiger partial charge is 0.339 e. The van der Waals surface area contributed by atoms with E-state index in [9.17, 15) is 4.79 Å². The average Bonchev–Trinajstić information content (AvgIpc) is 2.05. The number of carbonyl (C=O) groups is 1. The van der Waals surface area contributed by atoms with E-state index in [1.807, 2.05) is 19.1 Å². The van der Waals surface area contributed by atoms with Crippen molar-refractivity contribution in [2.75, 3.05) is 6.73 Å². The summed E-state index contributed by atoms with van der Waals surface area (Å²) in [6.45, 7) is 1.78. The van der Waals surface area contributed by atoms with Gasteiger partial charge >= 0.3 is 5.97 Å². The zero-order valence-corrected chi connectivity index (χ0v) is 8.14. The first-order valence-electron chi connectivity index (χ1n) is 3.68. The maximum Gasteiger partial charge on any atom is 0.339 e. The van der Waals surface area contributed by atoms with E-state index in [1.165, 1.54) is 0 Å². The Hall–Kier alpha value is -1.06. The Morgan fingerprint density at radius 3 is 2.62 bits per heavy atom. The molecule has 0 aromatic heterocycles. The van der Waals surface area contributed by atoms with Crippen molar-refractivity contribution in [2.45, 2.75) is 6.92 Å². The molecule has 1 rings (SSSR count). The van der Waals surface area contributed by atoms with Crippen molar-refractivity contribution in [1.29, 1.82) is 0 Å². The third-order valence-corrected chi connectivity index (χ3v) is 1.58. The number of nitrogens with two attached hydrogens (primary N) is 1. The molecule has 4 heteroatoms. The molecule has 1 aromatic rings. The lowest BCUT2D eigenvalue weighted by Crippen LogP contribution is -2.12. The maximum atomic E-state index is 11.2. The molecule has 0 aliphatic carbocycles. The minimum atomic E-state index is -0.365. The number of rotatable bonds is 2. The molecule has 0 atom stereocenters. The van der Waals surface area contributed by atoms with Crippen LogP contribution < -0.4 is 5.73 Å². The molecule has 1 aromatic carbocycles. The van der Waals surface area contributed by atoms with Crippen LogP contribution in [-0.4, -0.2) is 12.7 Å². The van der Waals surface area contributed by atoms with Crippen molar-refractivity contribution in [3.63, 3.8) is 0 Å². The Morgan fingerprint density at radius 1 is 1.46 bits per heavy atom. The maximum absolute atomic E-state index is 11.2. The number of carbonyl (C=O) groups excluding carboxylic acids is 1. The van der Waals surface area contributed by atoms with Gasteiger partial charge in [0.1, 0.15) is 6.73 Å². The third-order valence-electron chi connectivity index (χ3n) is 1.58. The van der Waals surface area contributed by atoms with Crippen LogP contribution >= 0.6 is 12.4 Å². The van der Waals surface area contributed by atoms with Gasteiger partial charge in [0.05, 0.1) is 5.56 Å². The van der Waals surface area contributed by atoms with Crippen molar-refractivity contribution in [3.05, 3.63) is 35.4 Å². The van der Waals surface area contributed by atoms with Crippen LogP contribution in [0, 0.1) is 6.92 Å². The van der Waals surface area contributed by atoms with E-state index in [0.29, 0.717) is 5.56 Å². The molecule has 0 bridgehead atoms. The predicted octanol–water partition coefficient (Wildman–Crippen LogP) is 1.49. The summed E-state index contributed by atoms with van der Waals surface area (Å²) in [5, 5.41) is 0. The van der Waals surface area contributed by atoms with Crippen LogP contribution in [-0.2, 0) is 4.74 Å². The van der Waals surface area contributed by atoms with Crippen molar-refractivity contribution in [3.8, 4) is 0 Å². The molecule has 72 valence electrons. The van der Waals surface area contributed by atoms with E-state index >= 15 is 0 Å². The zero-order valence-electron chi connectivity index (χ0n) is 7.32. The topological polar surface area (TPSA) is 52.3 Å². The summed E-state index contributed by atoms with van der Waals surface area (Å²) in [5.41, 5.74) is 6.54. The summed E-state index contributed by atoms with van der Waals surface area (Å²) >= 11 is 0. The van der Waals surface area contributed by atoms with Crippen LogP contribution in [0.4, 0.5) is 0 Å². The summed E-state index contributed by atoms with van der Waals surface area (Å²) < 4.78 is 4.65. The molecular formula is C9H12ClNO2. The number of hydrogen-bond acceptors (Lipinski definition) is 3. The van der Waals surface area contributed by atoms with Crippen LogP contribution in [0.15, 0.2) is 24.3 Å².